The zero-order valence-corrected chi connectivity index (χ0v) is 14.9. The molecule has 2 aromatic heterocycles. The number of nitrogen functional groups attached to an aromatic ring is 1. The van der Waals surface area contributed by atoms with Gasteiger partial charge in [0.15, 0.2) is 0 Å². The fraction of sp³-hybridized carbons (Fsp3) is 0.389. The molecule has 0 atom stereocenters. The van der Waals surface area contributed by atoms with Crippen LogP contribution in [0.25, 0.3) is 0 Å². The summed E-state index contributed by atoms with van der Waals surface area (Å²) < 4.78 is 6.12. The first kappa shape index (κ1) is 17.0. The topological polar surface area (TPSA) is 106 Å². The van der Waals surface area contributed by atoms with Crippen LogP contribution in [0.15, 0.2) is 24.3 Å². The van der Waals surface area contributed by atoms with Gasteiger partial charge in [-0.15, -0.1) is 11.3 Å². The summed E-state index contributed by atoms with van der Waals surface area (Å²) in [6.45, 7) is 1.65. The lowest BCUT2D eigenvalue weighted by atomic mass is 9.82. The number of rotatable bonds is 2. The van der Waals surface area contributed by atoms with Gasteiger partial charge in [-0.25, -0.2) is 9.78 Å². The predicted octanol–water partition coefficient (Wildman–Crippen LogP) is 2.13. The van der Waals surface area contributed by atoms with Gasteiger partial charge in [0, 0.05) is 24.4 Å². The number of carbonyl (C=O) groups is 2. The number of aromatic nitrogens is 1. The first-order chi connectivity index (χ1) is 12.5. The van der Waals surface area contributed by atoms with E-state index in [2.05, 4.69) is 4.98 Å². The Morgan fingerprint density at radius 3 is 2.77 bits per heavy atom. The van der Waals surface area contributed by atoms with Crippen molar-refractivity contribution in [1.29, 1.82) is 0 Å². The molecule has 2 aliphatic rings. The lowest BCUT2D eigenvalue weighted by Gasteiger charge is -2.44. The normalized spacial score (nSPS) is 18.5. The molecule has 2 aliphatic heterocycles. The van der Waals surface area contributed by atoms with E-state index >= 15 is 0 Å². The van der Waals surface area contributed by atoms with Gasteiger partial charge in [-0.2, -0.15) is 0 Å². The van der Waals surface area contributed by atoms with Crippen molar-refractivity contribution in [1.82, 2.24) is 9.88 Å². The molecule has 1 amide bonds. The third-order valence-corrected chi connectivity index (χ3v) is 6.25. The standard InChI is InChI=1S/C18H19N3O4S/c19-15-3-1-2-12(20-15)16(22)21-7-5-18(6-8-21)11-10-14(17(23)24)26-13(11)4-9-25-18/h1-3,10H,4-9H2,(H2,19,20)(H,23,24). The molecule has 2 aromatic rings. The number of thiophene rings is 1. The van der Waals surface area contributed by atoms with Crippen LogP contribution >= 0.6 is 11.3 Å². The molecule has 136 valence electrons. The number of hydrogen-bond donors (Lipinski definition) is 2. The molecule has 1 fully saturated rings. The highest BCUT2D eigenvalue weighted by Crippen LogP contribution is 2.44. The molecule has 8 heteroatoms. The number of ether oxygens (including phenoxy) is 1. The minimum atomic E-state index is -0.903. The number of carbonyl (C=O) groups excluding carboxylic acids is 1. The Morgan fingerprint density at radius 2 is 2.08 bits per heavy atom. The number of amides is 1. The maximum Gasteiger partial charge on any atom is 0.345 e. The van der Waals surface area contributed by atoms with Crippen LogP contribution in [0.3, 0.4) is 0 Å². The number of pyridine rings is 1. The van der Waals surface area contributed by atoms with Crippen molar-refractivity contribution >= 4 is 29.0 Å². The summed E-state index contributed by atoms with van der Waals surface area (Å²) in [7, 11) is 0. The highest BCUT2D eigenvalue weighted by atomic mass is 32.1. The molecule has 1 spiro atoms. The smallest absolute Gasteiger partial charge is 0.345 e. The summed E-state index contributed by atoms with van der Waals surface area (Å²) in [5.74, 6) is -0.719. The predicted molar refractivity (Wildman–Crippen MR) is 96.4 cm³/mol. The van der Waals surface area contributed by atoms with Gasteiger partial charge in [-0.1, -0.05) is 6.07 Å². The third kappa shape index (κ3) is 2.85. The maximum absolute atomic E-state index is 12.7. The molecule has 26 heavy (non-hydrogen) atoms. The summed E-state index contributed by atoms with van der Waals surface area (Å²) in [5.41, 5.74) is 6.51. The summed E-state index contributed by atoms with van der Waals surface area (Å²) in [4.78, 5) is 31.3. The Bertz CT molecular complexity index is 871. The zero-order valence-electron chi connectivity index (χ0n) is 14.1. The van der Waals surface area contributed by atoms with Crippen LogP contribution in [-0.4, -0.2) is 46.6 Å². The molecular formula is C18H19N3O4S. The molecule has 4 rings (SSSR count). The molecule has 0 aliphatic carbocycles. The quantitative estimate of drug-likeness (QED) is 0.835. The summed E-state index contributed by atoms with van der Waals surface area (Å²) >= 11 is 1.33. The monoisotopic (exact) mass is 373 g/mol. The highest BCUT2D eigenvalue weighted by Gasteiger charge is 2.43. The first-order valence-corrected chi connectivity index (χ1v) is 9.32. The zero-order chi connectivity index (χ0) is 18.3. The molecular weight excluding hydrogens is 354 g/mol. The Labute approximate surface area is 154 Å². The fourth-order valence-electron chi connectivity index (χ4n) is 3.74. The lowest BCUT2D eigenvalue weighted by Crippen LogP contribution is -2.48. The van der Waals surface area contributed by atoms with Gasteiger partial charge in [-0.3, -0.25) is 4.79 Å². The van der Waals surface area contributed by atoms with Crippen molar-refractivity contribution < 1.29 is 19.4 Å². The van der Waals surface area contributed by atoms with E-state index in [0.29, 0.717) is 48.9 Å². The van der Waals surface area contributed by atoms with Crippen molar-refractivity contribution in [2.24, 2.45) is 0 Å². The molecule has 0 saturated carbocycles. The molecule has 0 radical (unpaired) electrons. The van der Waals surface area contributed by atoms with Crippen LogP contribution in [0.2, 0.25) is 0 Å². The maximum atomic E-state index is 12.7. The second-order valence-corrected chi connectivity index (χ2v) is 7.72. The van der Waals surface area contributed by atoms with Gasteiger partial charge >= 0.3 is 5.97 Å². The molecule has 0 aromatic carbocycles. The van der Waals surface area contributed by atoms with E-state index in [9.17, 15) is 14.7 Å². The van der Waals surface area contributed by atoms with E-state index in [1.807, 2.05) is 0 Å². The second kappa shape index (κ2) is 6.37. The number of nitrogens with two attached hydrogens (primary N) is 1. The Morgan fingerprint density at radius 1 is 1.31 bits per heavy atom. The van der Waals surface area contributed by atoms with Gasteiger partial charge in [0.25, 0.3) is 5.91 Å². The van der Waals surface area contributed by atoms with Crippen LogP contribution in [0.5, 0.6) is 0 Å². The number of hydrogen-bond acceptors (Lipinski definition) is 6. The average Bonchev–Trinajstić information content (AvgIpc) is 3.08. The van der Waals surface area contributed by atoms with Crippen LogP contribution in [0.1, 0.15) is 43.4 Å². The molecule has 3 N–H and O–H groups in total. The van der Waals surface area contributed by atoms with Crippen molar-refractivity contribution in [3.8, 4) is 0 Å². The summed E-state index contributed by atoms with van der Waals surface area (Å²) in [6.07, 6.45) is 2.03. The van der Waals surface area contributed by atoms with Crippen molar-refractivity contribution in [3.63, 3.8) is 0 Å². The van der Waals surface area contributed by atoms with Crippen molar-refractivity contribution in [2.45, 2.75) is 24.9 Å². The van der Waals surface area contributed by atoms with Gasteiger partial charge in [-0.05, 0) is 36.6 Å². The number of carboxylic acid groups (broad SMARTS) is 1. The van der Waals surface area contributed by atoms with E-state index in [1.165, 1.54) is 11.3 Å². The largest absolute Gasteiger partial charge is 0.477 e. The highest BCUT2D eigenvalue weighted by molar-refractivity contribution is 7.14. The van der Waals surface area contributed by atoms with Crippen LogP contribution in [-0.2, 0) is 16.8 Å². The van der Waals surface area contributed by atoms with Gasteiger partial charge in [0.05, 0.1) is 12.2 Å². The number of anilines is 1. The number of piperidine rings is 1. The number of fused-ring (bicyclic) bond motifs is 2. The second-order valence-electron chi connectivity index (χ2n) is 6.59. The molecule has 1 saturated heterocycles. The third-order valence-electron chi connectivity index (χ3n) is 5.07. The lowest BCUT2D eigenvalue weighted by molar-refractivity contribution is -0.0927. The minimum Gasteiger partial charge on any atom is -0.477 e. The van der Waals surface area contributed by atoms with Gasteiger partial charge < -0.3 is 20.5 Å². The number of carboxylic acids is 1. The van der Waals surface area contributed by atoms with E-state index in [-0.39, 0.29) is 5.91 Å². The molecule has 4 heterocycles. The van der Waals surface area contributed by atoms with Crippen LogP contribution in [0.4, 0.5) is 5.82 Å². The SMILES string of the molecule is Nc1cccc(C(=O)N2CCC3(CC2)OCCc2sc(C(=O)O)cc23)n1. The Kier molecular flexibility index (Phi) is 4.16. The van der Waals surface area contributed by atoms with E-state index < -0.39 is 11.6 Å². The average molecular weight is 373 g/mol. The van der Waals surface area contributed by atoms with Crippen molar-refractivity contribution in [3.05, 3.63) is 45.3 Å². The van der Waals surface area contributed by atoms with Gasteiger partial charge in [0.2, 0.25) is 0 Å². The molecule has 7 nitrogen and oxygen atoms in total. The van der Waals surface area contributed by atoms with Crippen molar-refractivity contribution in [2.75, 3.05) is 25.4 Å². The van der Waals surface area contributed by atoms with Crippen LogP contribution in [0, 0.1) is 0 Å². The Hall–Kier alpha value is -2.45. The summed E-state index contributed by atoms with van der Waals surface area (Å²) in [6, 6.07) is 6.78. The first-order valence-electron chi connectivity index (χ1n) is 8.51. The number of nitrogens with zero attached hydrogens (tertiary/aromatic N) is 2. The fourth-order valence-corrected chi connectivity index (χ4v) is 4.81. The van der Waals surface area contributed by atoms with E-state index in [0.717, 1.165) is 16.9 Å². The van der Waals surface area contributed by atoms with Crippen LogP contribution < -0.4 is 5.73 Å². The summed E-state index contributed by atoms with van der Waals surface area (Å²) in [5, 5.41) is 9.28. The minimum absolute atomic E-state index is 0.139. The molecule has 0 unspecified atom stereocenters. The van der Waals surface area contributed by atoms with Gasteiger partial charge in [0.1, 0.15) is 16.4 Å². The Balaban J connectivity index is 1.54. The number of likely N-dealkylation sites (tertiary alicyclic amines) is 1. The number of aromatic carboxylic acids is 1. The molecule has 0 bridgehead atoms. The van der Waals surface area contributed by atoms with E-state index in [1.54, 1.807) is 29.2 Å². The van der Waals surface area contributed by atoms with E-state index in [4.69, 9.17) is 10.5 Å².